The lowest BCUT2D eigenvalue weighted by Gasteiger charge is -2.36. The van der Waals surface area contributed by atoms with Crippen LogP contribution in [-0.4, -0.2) is 59.6 Å². The molecular formula is C19H29N3O3. The Balaban J connectivity index is 1.52. The predicted molar refractivity (Wildman–Crippen MR) is 96.9 cm³/mol. The number of hydrogen-bond donors (Lipinski definition) is 0. The van der Waals surface area contributed by atoms with Gasteiger partial charge in [0.05, 0.1) is 0 Å². The lowest BCUT2D eigenvalue weighted by Crippen LogP contribution is -2.46. The fourth-order valence-corrected chi connectivity index (χ4v) is 3.70. The lowest BCUT2D eigenvalue weighted by molar-refractivity contribution is -0.138. The molecule has 25 heavy (non-hydrogen) atoms. The fraction of sp³-hybridized carbons (Fsp3) is 0.684. The van der Waals surface area contributed by atoms with Crippen LogP contribution in [0.3, 0.4) is 0 Å². The summed E-state index contributed by atoms with van der Waals surface area (Å²) in [7, 11) is 3.87. The van der Waals surface area contributed by atoms with Gasteiger partial charge in [-0.25, -0.2) is 0 Å². The van der Waals surface area contributed by atoms with Gasteiger partial charge in [0.2, 0.25) is 5.91 Å². The quantitative estimate of drug-likeness (QED) is 0.829. The molecule has 138 valence electrons. The Bertz CT molecular complexity index is 669. The fourth-order valence-electron chi connectivity index (χ4n) is 3.70. The summed E-state index contributed by atoms with van der Waals surface area (Å²) < 4.78 is 7.61. The van der Waals surface area contributed by atoms with Gasteiger partial charge in [-0.05, 0) is 46.0 Å². The van der Waals surface area contributed by atoms with E-state index in [1.54, 1.807) is 17.7 Å². The van der Waals surface area contributed by atoms with Crippen LogP contribution in [0.2, 0.25) is 0 Å². The zero-order valence-electron chi connectivity index (χ0n) is 15.5. The van der Waals surface area contributed by atoms with Crippen LogP contribution in [-0.2, 0) is 11.8 Å². The van der Waals surface area contributed by atoms with Crippen LogP contribution < -0.4 is 10.3 Å². The molecule has 0 radical (unpaired) electrons. The molecule has 0 atom stereocenters. The number of ether oxygens (including phenoxy) is 1. The molecule has 0 spiro atoms. The molecule has 3 rings (SSSR count). The minimum atomic E-state index is -0.0510. The van der Waals surface area contributed by atoms with Crippen molar-refractivity contribution in [3.8, 4) is 5.75 Å². The first kappa shape index (κ1) is 18.0. The third kappa shape index (κ3) is 4.24. The highest BCUT2D eigenvalue weighted by molar-refractivity contribution is 5.79. The van der Waals surface area contributed by atoms with Gasteiger partial charge in [0.25, 0.3) is 5.56 Å². The van der Waals surface area contributed by atoms with Crippen molar-refractivity contribution in [2.75, 3.05) is 33.2 Å². The topological polar surface area (TPSA) is 54.8 Å². The zero-order chi connectivity index (χ0) is 18.0. The van der Waals surface area contributed by atoms with E-state index >= 15 is 0 Å². The third-order valence-corrected chi connectivity index (χ3v) is 5.60. The van der Waals surface area contributed by atoms with Gasteiger partial charge in [0.1, 0.15) is 11.9 Å². The molecule has 0 bridgehead atoms. The first-order valence-electron chi connectivity index (χ1n) is 9.25. The largest absolute Gasteiger partial charge is 0.490 e. The molecule has 1 aromatic heterocycles. The first-order valence-corrected chi connectivity index (χ1v) is 9.25. The number of hydrogen-bond acceptors (Lipinski definition) is 4. The van der Waals surface area contributed by atoms with Crippen LogP contribution in [0.5, 0.6) is 5.75 Å². The molecule has 0 aromatic carbocycles. The summed E-state index contributed by atoms with van der Waals surface area (Å²) in [5.74, 6) is 1.14. The van der Waals surface area contributed by atoms with Crippen LogP contribution in [0.4, 0.5) is 0 Å². The number of aryl methyl sites for hydroxylation is 1. The number of carbonyl (C=O) groups is 1. The van der Waals surface area contributed by atoms with Crippen molar-refractivity contribution in [3.63, 3.8) is 0 Å². The molecule has 1 aromatic rings. The molecule has 2 aliphatic heterocycles. The Morgan fingerprint density at radius 1 is 1.04 bits per heavy atom. The second kappa shape index (κ2) is 7.60. The minimum absolute atomic E-state index is 0.0510. The van der Waals surface area contributed by atoms with E-state index in [2.05, 4.69) is 11.9 Å². The lowest BCUT2D eigenvalue weighted by atomic mass is 9.94. The summed E-state index contributed by atoms with van der Waals surface area (Å²) in [5, 5.41) is 0. The maximum atomic E-state index is 12.7. The maximum absolute atomic E-state index is 12.7. The van der Waals surface area contributed by atoms with Crippen molar-refractivity contribution in [1.82, 2.24) is 14.4 Å². The highest BCUT2D eigenvalue weighted by Crippen LogP contribution is 2.23. The van der Waals surface area contributed by atoms with E-state index in [9.17, 15) is 9.59 Å². The van der Waals surface area contributed by atoms with Crippen LogP contribution in [0.1, 0.15) is 31.4 Å². The Morgan fingerprint density at radius 2 is 1.68 bits per heavy atom. The number of likely N-dealkylation sites (tertiary alicyclic amines) is 2. The number of nitrogens with zero attached hydrogens (tertiary/aromatic N) is 3. The van der Waals surface area contributed by atoms with Crippen molar-refractivity contribution < 1.29 is 9.53 Å². The molecule has 2 saturated heterocycles. The Labute approximate surface area is 149 Å². The average Bonchev–Trinajstić information content (AvgIpc) is 2.60. The zero-order valence-corrected chi connectivity index (χ0v) is 15.5. The molecule has 2 aliphatic rings. The molecule has 0 N–H and O–H groups in total. The molecule has 3 heterocycles. The molecule has 6 nitrogen and oxygen atoms in total. The number of aromatic nitrogens is 1. The van der Waals surface area contributed by atoms with Gasteiger partial charge in [0.15, 0.2) is 0 Å². The van der Waals surface area contributed by atoms with Crippen molar-refractivity contribution in [3.05, 3.63) is 28.2 Å². The van der Waals surface area contributed by atoms with E-state index in [0.29, 0.717) is 11.7 Å². The standard InChI is InChI=1S/C19H29N3O3/c1-14-12-17(13-18(23)21(14)3)25-16-6-10-22(11-7-16)19(24)15-4-8-20(2)9-5-15/h12-13,15-16H,4-11H2,1-3H3. The average molecular weight is 347 g/mol. The van der Waals surface area contributed by atoms with Crippen molar-refractivity contribution in [2.24, 2.45) is 13.0 Å². The second-order valence-electron chi connectivity index (χ2n) is 7.45. The summed E-state index contributed by atoms with van der Waals surface area (Å²) in [5.41, 5.74) is 0.835. The SMILES string of the molecule is Cc1cc(OC2CCN(C(=O)C3CCN(C)CC3)CC2)cc(=O)n1C. The summed E-state index contributed by atoms with van der Waals surface area (Å²) in [6, 6.07) is 3.44. The van der Waals surface area contributed by atoms with Gasteiger partial charge >= 0.3 is 0 Å². The first-order chi connectivity index (χ1) is 11.9. The Morgan fingerprint density at radius 3 is 2.28 bits per heavy atom. The summed E-state index contributed by atoms with van der Waals surface area (Å²) in [6.45, 7) is 5.42. The maximum Gasteiger partial charge on any atom is 0.254 e. The van der Waals surface area contributed by atoms with Crippen LogP contribution in [0.15, 0.2) is 16.9 Å². The molecule has 6 heteroatoms. The molecule has 1 amide bonds. The molecule has 2 fully saturated rings. The van der Waals surface area contributed by atoms with E-state index in [0.717, 1.165) is 57.6 Å². The Kier molecular flexibility index (Phi) is 5.47. The highest BCUT2D eigenvalue weighted by Gasteiger charge is 2.30. The number of carbonyl (C=O) groups excluding carboxylic acids is 1. The van der Waals surface area contributed by atoms with Crippen molar-refractivity contribution in [1.29, 1.82) is 0 Å². The normalized spacial score (nSPS) is 20.7. The third-order valence-electron chi connectivity index (χ3n) is 5.60. The van der Waals surface area contributed by atoms with E-state index < -0.39 is 0 Å². The van der Waals surface area contributed by atoms with E-state index in [1.165, 1.54) is 0 Å². The van der Waals surface area contributed by atoms with Crippen LogP contribution in [0.25, 0.3) is 0 Å². The van der Waals surface area contributed by atoms with Gasteiger partial charge in [-0.2, -0.15) is 0 Å². The van der Waals surface area contributed by atoms with Gasteiger partial charge < -0.3 is 19.1 Å². The summed E-state index contributed by atoms with van der Waals surface area (Å²) in [4.78, 5) is 28.8. The number of pyridine rings is 1. The van der Waals surface area contributed by atoms with Gasteiger partial charge in [-0.15, -0.1) is 0 Å². The monoisotopic (exact) mass is 347 g/mol. The van der Waals surface area contributed by atoms with Crippen molar-refractivity contribution >= 4 is 5.91 Å². The van der Waals surface area contributed by atoms with E-state index in [1.807, 2.05) is 17.9 Å². The van der Waals surface area contributed by atoms with Gasteiger partial charge in [-0.3, -0.25) is 9.59 Å². The molecular weight excluding hydrogens is 318 g/mol. The molecule has 0 aliphatic carbocycles. The summed E-state index contributed by atoms with van der Waals surface area (Å²) >= 11 is 0. The van der Waals surface area contributed by atoms with Gasteiger partial charge in [0, 0.05) is 50.7 Å². The molecule has 0 saturated carbocycles. The second-order valence-corrected chi connectivity index (χ2v) is 7.45. The molecule has 0 unspecified atom stereocenters. The summed E-state index contributed by atoms with van der Waals surface area (Å²) in [6.07, 6.45) is 3.67. The highest BCUT2D eigenvalue weighted by atomic mass is 16.5. The van der Waals surface area contributed by atoms with Crippen molar-refractivity contribution in [2.45, 2.75) is 38.7 Å². The smallest absolute Gasteiger partial charge is 0.254 e. The van der Waals surface area contributed by atoms with E-state index in [4.69, 9.17) is 4.74 Å². The van der Waals surface area contributed by atoms with E-state index in [-0.39, 0.29) is 17.6 Å². The number of piperidine rings is 2. The van der Waals surface area contributed by atoms with Crippen LogP contribution in [0, 0.1) is 12.8 Å². The number of rotatable bonds is 3. The predicted octanol–water partition coefficient (Wildman–Crippen LogP) is 1.41. The van der Waals surface area contributed by atoms with Crippen LogP contribution >= 0.6 is 0 Å². The Hall–Kier alpha value is -1.82. The number of amides is 1. The minimum Gasteiger partial charge on any atom is -0.490 e. The van der Waals surface area contributed by atoms with Gasteiger partial charge in [-0.1, -0.05) is 0 Å².